The van der Waals surface area contributed by atoms with Gasteiger partial charge >= 0.3 is 0 Å². The summed E-state index contributed by atoms with van der Waals surface area (Å²) in [7, 11) is 0. The summed E-state index contributed by atoms with van der Waals surface area (Å²) >= 11 is 6.28. The van der Waals surface area contributed by atoms with Crippen LogP contribution in [-0.4, -0.2) is 39.5 Å². The molecule has 134 valence electrons. The van der Waals surface area contributed by atoms with Crippen LogP contribution in [0.1, 0.15) is 28.9 Å². The van der Waals surface area contributed by atoms with Gasteiger partial charge in [-0.1, -0.05) is 35.9 Å². The molecule has 5 nitrogen and oxygen atoms in total. The minimum absolute atomic E-state index is 0.0232. The van der Waals surface area contributed by atoms with Crippen LogP contribution in [-0.2, 0) is 17.7 Å². The SMILES string of the molecule is Clc1ccccc1Cc1cccc(C2CN(Cc3ncc[nH]3)CCO2)n1. The first kappa shape index (κ1) is 17.2. The molecule has 1 unspecified atom stereocenters. The Kier molecular flexibility index (Phi) is 5.29. The highest BCUT2D eigenvalue weighted by Crippen LogP contribution is 2.23. The summed E-state index contributed by atoms with van der Waals surface area (Å²) in [6.45, 7) is 3.20. The van der Waals surface area contributed by atoms with Crippen LogP contribution >= 0.6 is 11.6 Å². The summed E-state index contributed by atoms with van der Waals surface area (Å²) in [5.41, 5.74) is 3.06. The maximum atomic E-state index is 6.28. The molecule has 0 amide bonds. The first-order valence-electron chi connectivity index (χ1n) is 8.79. The van der Waals surface area contributed by atoms with Crippen molar-refractivity contribution in [2.24, 2.45) is 0 Å². The van der Waals surface area contributed by atoms with Crippen LogP contribution in [0.5, 0.6) is 0 Å². The van der Waals surface area contributed by atoms with E-state index in [-0.39, 0.29) is 6.10 Å². The van der Waals surface area contributed by atoms with Gasteiger partial charge in [-0.3, -0.25) is 9.88 Å². The molecule has 0 spiro atoms. The number of aromatic nitrogens is 3. The molecule has 1 saturated heterocycles. The van der Waals surface area contributed by atoms with E-state index in [2.05, 4.69) is 14.9 Å². The third-order valence-corrected chi connectivity index (χ3v) is 4.94. The van der Waals surface area contributed by atoms with Crippen LogP contribution in [0.25, 0.3) is 0 Å². The summed E-state index contributed by atoms with van der Waals surface area (Å²) < 4.78 is 5.98. The molecule has 1 aliphatic rings. The van der Waals surface area contributed by atoms with Gasteiger partial charge in [-0.2, -0.15) is 0 Å². The highest BCUT2D eigenvalue weighted by atomic mass is 35.5. The quantitative estimate of drug-likeness (QED) is 0.747. The lowest BCUT2D eigenvalue weighted by Crippen LogP contribution is -2.38. The summed E-state index contributed by atoms with van der Waals surface area (Å²) in [4.78, 5) is 14.6. The first-order chi connectivity index (χ1) is 12.8. The Morgan fingerprint density at radius 1 is 1.19 bits per heavy atom. The predicted octanol–water partition coefficient (Wildman–Crippen LogP) is 3.62. The molecule has 3 aromatic rings. The molecule has 0 bridgehead atoms. The van der Waals surface area contributed by atoms with E-state index < -0.39 is 0 Å². The van der Waals surface area contributed by atoms with Gasteiger partial charge in [-0.05, 0) is 23.8 Å². The summed E-state index contributed by atoms with van der Waals surface area (Å²) in [6, 6.07) is 14.0. The molecule has 4 rings (SSSR count). The van der Waals surface area contributed by atoms with Crippen LogP contribution in [0.2, 0.25) is 5.02 Å². The number of pyridine rings is 1. The number of nitrogens with zero attached hydrogens (tertiary/aromatic N) is 3. The number of H-pyrrole nitrogens is 1. The number of aromatic amines is 1. The van der Waals surface area contributed by atoms with E-state index in [0.717, 1.165) is 53.9 Å². The van der Waals surface area contributed by atoms with Crippen molar-refractivity contribution < 1.29 is 4.74 Å². The zero-order valence-corrected chi connectivity index (χ0v) is 15.2. The average Bonchev–Trinajstić information content (AvgIpc) is 3.17. The zero-order chi connectivity index (χ0) is 17.8. The lowest BCUT2D eigenvalue weighted by atomic mass is 10.1. The molecule has 0 saturated carbocycles. The number of rotatable bonds is 5. The number of ether oxygens (including phenoxy) is 1. The Morgan fingerprint density at radius 2 is 2.12 bits per heavy atom. The molecule has 1 aliphatic heterocycles. The molecule has 26 heavy (non-hydrogen) atoms. The maximum absolute atomic E-state index is 6.28. The highest BCUT2D eigenvalue weighted by Gasteiger charge is 2.23. The lowest BCUT2D eigenvalue weighted by Gasteiger charge is -2.32. The fourth-order valence-electron chi connectivity index (χ4n) is 3.23. The molecular formula is C20H21ClN4O. The average molecular weight is 369 g/mol. The van der Waals surface area contributed by atoms with Gasteiger partial charge in [0.25, 0.3) is 0 Å². The topological polar surface area (TPSA) is 54.0 Å². The fraction of sp³-hybridized carbons (Fsp3) is 0.300. The largest absolute Gasteiger partial charge is 0.369 e. The van der Waals surface area contributed by atoms with E-state index in [1.165, 1.54) is 0 Å². The van der Waals surface area contributed by atoms with Crippen molar-refractivity contribution in [1.29, 1.82) is 0 Å². The third kappa shape index (κ3) is 4.12. The second kappa shape index (κ2) is 7.99. The number of imidazole rings is 1. The Labute approximate surface area is 158 Å². The van der Waals surface area contributed by atoms with Crippen molar-refractivity contribution in [3.05, 3.63) is 82.7 Å². The van der Waals surface area contributed by atoms with Gasteiger partial charge in [0.15, 0.2) is 0 Å². The Hall–Kier alpha value is -2.21. The maximum Gasteiger partial charge on any atom is 0.120 e. The van der Waals surface area contributed by atoms with Gasteiger partial charge in [0.2, 0.25) is 0 Å². The van der Waals surface area contributed by atoms with Crippen LogP contribution in [0.3, 0.4) is 0 Å². The molecule has 1 N–H and O–H groups in total. The Morgan fingerprint density at radius 3 is 2.96 bits per heavy atom. The Bertz CT molecular complexity index is 853. The van der Waals surface area contributed by atoms with Crippen molar-refractivity contribution in [2.75, 3.05) is 19.7 Å². The van der Waals surface area contributed by atoms with Crippen molar-refractivity contribution in [1.82, 2.24) is 19.9 Å². The first-order valence-corrected chi connectivity index (χ1v) is 9.17. The molecular weight excluding hydrogens is 348 g/mol. The van der Waals surface area contributed by atoms with E-state index in [4.69, 9.17) is 21.3 Å². The van der Waals surface area contributed by atoms with Crippen LogP contribution in [0, 0.1) is 0 Å². The number of hydrogen-bond donors (Lipinski definition) is 1. The molecule has 6 heteroatoms. The van der Waals surface area contributed by atoms with Gasteiger partial charge in [-0.25, -0.2) is 4.98 Å². The second-order valence-electron chi connectivity index (χ2n) is 6.45. The smallest absolute Gasteiger partial charge is 0.120 e. The third-order valence-electron chi connectivity index (χ3n) is 4.57. The fourth-order valence-corrected chi connectivity index (χ4v) is 3.44. The highest BCUT2D eigenvalue weighted by molar-refractivity contribution is 6.31. The monoisotopic (exact) mass is 368 g/mol. The minimum atomic E-state index is -0.0232. The van der Waals surface area contributed by atoms with Gasteiger partial charge < -0.3 is 9.72 Å². The van der Waals surface area contributed by atoms with Gasteiger partial charge in [-0.15, -0.1) is 0 Å². The standard InChI is InChI=1S/C20H21ClN4O/c21-17-6-2-1-4-15(17)12-16-5-3-7-18(24-16)19-13-25(10-11-26-19)14-20-22-8-9-23-20/h1-9,19H,10-14H2,(H,22,23). The summed E-state index contributed by atoms with van der Waals surface area (Å²) in [6.07, 6.45) is 4.33. The van der Waals surface area contributed by atoms with Crippen molar-refractivity contribution in [3.8, 4) is 0 Å². The van der Waals surface area contributed by atoms with Crippen molar-refractivity contribution in [2.45, 2.75) is 19.1 Å². The second-order valence-corrected chi connectivity index (χ2v) is 6.86. The Balaban J connectivity index is 1.46. The number of halogens is 1. The molecule has 0 aliphatic carbocycles. The minimum Gasteiger partial charge on any atom is -0.369 e. The van der Waals surface area contributed by atoms with E-state index in [1.807, 2.05) is 48.7 Å². The van der Waals surface area contributed by atoms with Gasteiger partial charge in [0, 0.05) is 42.6 Å². The normalized spacial score (nSPS) is 18.1. The van der Waals surface area contributed by atoms with E-state index >= 15 is 0 Å². The lowest BCUT2D eigenvalue weighted by molar-refractivity contribution is -0.0357. The predicted molar refractivity (Wildman–Crippen MR) is 101 cm³/mol. The number of nitrogens with one attached hydrogen (secondary N) is 1. The molecule has 1 atom stereocenters. The van der Waals surface area contributed by atoms with E-state index in [0.29, 0.717) is 6.61 Å². The molecule has 1 fully saturated rings. The van der Waals surface area contributed by atoms with E-state index in [9.17, 15) is 0 Å². The molecule has 2 aromatic heterocycles. The zero-order valence-electron chi connectivity index (χ0n) is 14.4. The molecule has 0 radical (unpaired) electrons. The number of benzene rings is 1. The van der Waals surface area contributed by atoms with E-state index in [1.54, 1.807) is 6.20 Å². The van der Waals surface area contributed by atoms with Crippen LogP contribution < -0.4 is 0 Å². The number of hydrogen-bond acceptors (Lipinski definition) is 4. The summed E-state index contributed by atoms with van der Waals surface area (Å²) in [5, 5.41) is 0.776. The van der Waals surface area contributed by atoms with Crippen LogP contribution in [0.15, 0.2) is 54.9 Å². The van der Waals surface area contributed by atoms with Gasteiger partial charge in [0.1, 0.15) is 11.9 Å². The van der Waals surface area contributed by atoms with Crippen LogP contribution in [0.4, 0.5) is 0 Å². The van der Waals surface area contributed by atoms with Gasteiger partial charge in [0.05, 0.1) is 18.8 Å². The molecule has 3 heterocycles. The van der Waals surface area contributed by atoms with Crippen molar-refractivity contribution in [3.63, 3.8) is 0 Å². The molecule has 1 aromatic carbocycles. The van der Waals surface area contributed by atoms with Crippen molar-refractivity contribution >= 4 is 11.6 Å². The summed E-state index contributed by atoms with van der Waals surface area (Å²) in [5.74, 6) is 0.978. The number of morpholine rings is 1.